The van der Waals surface area contributed by atoms with Crippen molar-refractivity contribution in [3.05, 3.63) is 16.5 Å². The molecule has 0 aliphatic heterocycles. The van der Waals surface area contributed by atoms with E-state index in [1.807, 2.05) is 34.6 Å². The number of anilines is 1. The van der Waals surface area contributed by atoms with Crippen LogP contribution < -0.4 is 5.32 Å². The smallest absolute Gasteiger partial charge is 0.137 e. The van der Waals surface area contributed by atoms with E-state index in [-0.39, 0.29) is 5.41 Å². The van der Waals surface area contributed by atoms with Crippen molar-refractivity contribution in [2.45, 2.75) is 65.9 Å². The van der Waals surface area contributed by atoms with Gasteiger partial charge in [-0.2, -0.15) is 0 Å². The molecule has 1 heterocycles. The molecule has 1 aromatic rings. The Bertz CT molecular complexity index is 493. The summed E-state index contributed by atoms with van der Waals surface area (Å²) in [5, 5.41) is 14.1. The summed E-state index contributed by atoms with van der Waals surface area (Å²) in [6.45, 7) is 14.5. The van der Waals surface area contributed by atoms with Crippen molar-refractivity contribution in [2.75, 3.05) is 11.9 Å². The molecule has 1 rings (SSSR count). The molecule has 0 aliphatic carbocycles. The molecule has 1 unspecified atom stereocenters. The van der Waals surface area contributed by atoms with Gasteiger partial charge in [-0.05, 0) is 26.2 Å². The van der Waals surface area contributed by atoms with E-state index in [4.69, 9.17) is 11.6 Å². The van der Waals surface area contributed by atoms with Crippen molar-refractivity contribution in [3.8, 4) is 0 Å². The third kappa shape index (κ3) is 5.44. The molecular formula is C16H28ClN3O. The van der Waals surface area contributed by atoms with Crippen LogP contribution in [0.2, 0.25) is 5.15 Å². The Hall–Kier alpha value is -0.870. The van der Waals surface area contributed by atoms with Crippen molar-refractivity contribution in [1.29, 1.82) is 0 Å². The zero-order valence-electron chi connectivity index (χ0n) is 14.2. The minimum absolute atomic E-state index is 0.172. The summed E-state index contributed by atoms with van der Waals surface area (Å²) in [6.07, 6.45) is 0.726. The second-order valence-electron chi connectivity index (χ2n) is 7.51. The third-order valence-corrected chi connectivity index (χ3v) is 3.61. The Morgan fingerprint density at radius 1 is 1.19 bits per heavy atom. The first kappa shape index (κ1) is 18.2. The molecule has 0 radical (unpaired) electrons. The van der Waals surface area contributed by atoms with E-state index < -0.39 is 5.60 Å². The summed E-state index contributed by atoms with van der Waals surface area (Å²) in [4.78, 5) is 8.92. The van der Waals surface area contributed by atoms with E-state index in [1.165, 1.54) is 0 Å². The summed E-state index contributed by atoms with van der Waals surface area (Å²) < 4.78 is 0. The lowest BCUT2D eigenvalue weighted by Crippen LogP contribution is -2.35. The summed E-state index contributed by atoms with van der Waals surface area (Å²) in [5.74, 6) is 1.83. The van der Waals surface area contributed by atoms with Crippen molar-refractivity contribution < 1.29 is 5.11 Å². The normalized spacial score (nSPS) is 15.1. The number of nitrogens with one attached hydrogen (secondary N) is 1. The van der Waals surface area contributed by atoms with Crippen LogP contribution in [-0.4, -0.2) is 27.2 Å². The van der Waals surface area contributed by atoms with E-state index in [0.717, 1.165) is 12.0 Å². The number of hydrogen-bond donors (Lipinski definition) is 2. The molecule has 120 valence electrons. The topological polar surface area (TPSA) is 58.0 Å². The number of aromatic nitrogens is 2. The van der Waals surface area contributed by atoms with Crippen LogP contribution in [0.5, 0.6) is 0 Å². The van der Waals surface area contributed by atoms with E-state index in [2.05, 4.69) is 29.1 Å². The maximum Gasteiger partial charge on any atom is 0.137 e. The molecule has 21 heavy (non-hydrogen) atoms. The van der Waals surface area contributed by atoms with Gasteiger partial charge in [0, 0.05) is 17.5 Å². The molecule has 1 aromatic heterocycles. The van der Waals surface area contributed by atoms with Crippen molar-refractivity contribution in [1.82, 2.24) is 9.97 Å². The summed E-state index contributed by atoms with van der Waals surface area (Å²) in [5.41, 5.74) is -0.140. The van der Waals surface area contributed by atoms with Crippen LogP contribution in [0.4, 0.5) is 5.82 Å². The predicted octanol–water partition coefficient (Wildman–Crippen LogP) is 3.94. The monoisotopic (exact) mass is 313 g/mol. The van der Waals surface area contributed by atoms with Gasteiger partial charge >= 0.3 is 0 Å². The van der Waals surface area contributed by atoms with Crippen LogP contribution in [-0.2, 0) is 5.41 Å². The SMILES string of the molecule is Cc1c(Cl)nc(C(C)(C)C)nc1NCC(C)(O)CC(C)C. The van der Waals surface area contributed by atoms with Gasteiger partial charge in [0.2, 0.25) is 0 Å². The minimum atomic E-state index is -0.778. The zero-order chi connectivity index (χ0) is 16.4. The van der Waals surface area contributed by atoms with E-state index in [9.17, 15) is 5.11 Å². The van der Waals surface area contributed by atoms with Crippen molar-refractivity contribution >= 4 is 17.4 Å². The molecule has 1 atom stereocenters. The molecule has 0 spiro atoms. The van der Waals surface area contributed by atoms with Gasteiger partial charge in [-0.15, -0.1) is 0 Å². The average Bonchev–Trinajstić information content (AvgIpc) is 2.27. The van der Waals surface area contributed by atoms with Gasteiger partial charge in [-0.1, -0.05) is 46.2 Å². The zero-order valence-corrected chi connectivity index (χ0v) is 15.0. The molecule has 0 aromatic carbocycles. The Morgan fingerprint density at radius 3 is 2.24 bits per heavy atom. The molecule has 0 aliphatic rings. The van der Waals surface area contributed by atoms with Gasteiger partial charge in [-0.3, -0.25) is 0 Å². The number of halogens is 1. The fourth-order valence-electron chi connectivity index (χ4n) is 2.22. The van der Waals surface area contributed by atoms with Crippen molar-refractivity contribution in [2.24, 2.45) is 5.92 Å². The molecule has 5 heteroatoms. The lowest BCUT2D eigenvalue weighted by atomic mass is 9.94. The first-order valence-corrected chi connectivity index (χ1v) is 7.81. The minimum Gasteiger partial charge on any atom is -0.388 e. The quantitative estimate of drug-likeness (QED) is 0.808. The Morgan fingerprint density at radius 2 is 1.76 bits per heavy atom. The van der Waals surface area contributed by atoms with E-state index >= 15 is 0 Å². The van der Waals surface area contributed by atoms with Gasteiger partial charge in [-0.25, -0.2) is 9.97 Å². The van der Waals surface area contributed by atoms with Crippen LogP contribution in [0.25, 0.3) is 0 Å². The summed E-state index contributed by atoms with van der Waals surface area (Å²) in [7, 11) is 0. The molecule has 0 amide bonds. The van der Waals surface area contributed by atoms with E-state index in [1.54, 1.807) is 0 Å². The fourth-order valence-corrected chi connectivity index (χ4v) is 2.39. The highest BCUT2D eigenvalue weighted by Gasteiger charge is 2.24. The van der Waals surface area contributed by atoms with Gasteiger partial charge in [0.05, 0.1) is 5.60 Å². The van der Waals surface area contributed by atoms with Gasteiger partial charge < -0.3 is 10.4 Å². The molecule has 4 nitrogen and oxygen atoms in total. The van der Waals surface area contributed by atoms with E-state index in [0.29, 0.717) is 29.3 Å². The third-order valence-electron chi connectivity index (χ3n) is 3.24. The number of aliphatic hydroxyl groups is 1. The maximum absolute atomic E-state index is 10.4. The van der Waals surface area contributed by atoms with Crippen LogP contribution in [0, 0.1) is 12.8 Å². The number of nitrogens with zero attached hydrogens (tertiary/aromatic N) is 2. The fraction of sp³-hybridized carbons (Fsp3) is 0.750. The van der Waals surface area contributed by atoms with Gasteiger partial charge in [0.1, 0.15) is 16.8 Å². The van der Waals surface area contributed by atoms with Gasteiger partial charge in [0.25, 0.3) is 0 Å². The second kappa shape index (κ2) is 6.49. The maximum atomic E-state index is 10.4. The lowest BCUT2D eigenvalue weighted by molar-refractivity contribution is 0.0514. The molecule has 0 saturated heterocycles. The predicted molar refractivity (Wildman–Crippen MR) is 89.0 cm³/mol. The largest absolute Gasteiger partial charge is 0.388 e. The van der Waals surface area contributed by atoms with Crippen LogP contribution in [0.3, 0.4) is 0 Å². The first-order valence-electron chi connectivity index (χ1n) is 7.43. The molecule has 0 fully saturated rings. The molecule has 2 N–H and O–H groups in total. The number of rotatable bonds is 5. The van der Waals surface area contributed by atoms with Crippen LogP contribution in [0.15, 0.2) is 0 Å². The Labute approximate surface area is 133 Å². The lowest BCUT2D eigenvalue weighted by Gasteiger charge is -2.27. The summed E-state index contributed by atoms with van der Waals surface area (Å²) >= 11 is 6.21. The molecule has 0 bridgehead atoms. The molecular weight excluding hydrogens is 286 g/mol. The highest BCUT2D eigenvalue weighted by Crippen LogP contribution is 2.26. The Kier molecular flexibility index (Phi) is 5.62. The number of hydrogen-bond acceptors (Lipinski definition) is 4. The first-order chi connectivity index (χ1) is 9.42. The second-order valence-corrected chi connectivity index (χ2v) is 7.87. The highest BCUT2D eigenvalue weighted by molar-refractivity contribution is 6.30. The highest BCUT2D eigenvalue weighted by atomic mass is 35.5. The van der Waals surface area contributed by atoms with Crippen LogP contribution >= 0.6 is 11.6 Å². The average molecular weight is 314 g/mol. The molecule has 0 saturated carbocycles. The van der Waals surface area contributed by atoms with Gasteiger partial charge in [0.15, 0.2) is 0 Å². The summed E-state index contributed by atoms with van der Waals surface area (Å²) in [6, 6.07) is 0. The standard InChI is InChI=1S/C16H28ClN3O/c1-10(2)8-16(7,21)9-18-13-11(3)12(17)19-14(20-13)15(4,5)6/h10,21H,8-9H2,1-7H3,(H,18,19,20). The Balaban J connectivity index is 2.96. The van der Waals surface area contributed by atoms with Crippen molar-refractivity contribution in [3.63, 3.8) is 0 Å². The van der Waals surface area contributed by atoms with Crippen LogP contribution in [0.1, 0.15) is 59.4 Å².